The maximum Gasteiger partial charge on any atom is 0.322 e. The molecule has 1 aliphatic heterocycles. The topological polar surface area (TPSA) is 88.0 Å². The molecule has 24 heavy (non-hydrogen) atoms. The van der Waals surface area contributed by atoms with Gasteiger partial charge >= 0.3 is 5.92 Å². The Morgan fingerprint density at radius 3 is 2.67 bits per heavy atom. The molecule has 1 amide bonds. The molecule has 2 unspecified atom stereocenters. The first-order valence-corrected chi connectivity index (χ1v) is 8.47. The Labute approximate surface area is 140 Å². The van der Waals surface area contributed by atoms with Crippen molar-refractivity contribution >= 4 is 28.6 Å². The lowest BCUT2D eigenvalue weighted by atomic mass is 10.0. The molecule has 3 N–H and O–H groups in total. The van der Waals surface area contributed by atoms with Crippen LogP contribution >= 0.6 is 0 Å². The fourth-order valence-electron chi connectivity index (χ4n) is 2.16. The monoisotopic (exact) mass is 361 g/mol. The molecule has 1 fully saturated rings. The van der Waals surface area contributed by atoms with E-state index in [1.165, 1.54) is 6.07 Å². The van der Waals surface area contributed by atoms with E-state index in [4.69, 9.17) is 5.41 Å². The maximum absolute atomic E-state index is 14.1. The van der Waals surface area contributed by atoms with E-state index >= 15 is 0 Å². The van der Waals surface area contributed by atoms with Gasteiger partial charge in [-0.15, -0.1) is 0 Å². The lowest BCUT2D eigenvalue weighted by Gasteiger charge is -2.38. The third-order valence-corrected chi connectivity index (χ3v) is 5.81. The Hall–Kier alpha value is -1.74. The Bertz CT molecular complexity index is 676. The number of amides is 1. The maximum atomic E-state index is 14.1. The number of halogens is 3. The van der Waals surface area contributed by atoms with Crippen molar-refractivity contribution in [1.82, 2.24) is 5.32 Å². The number of alkyl halides is 2. The van der Waals surface area contributed by atoms with Gasteiger partial charge in [-0.1, -0.05) is 0 Å². The van der Waals surface area contributed by atoms with E-state index in [1.54, 1.807) is 13.8 Å². The van der Waals surface area contributed by atoms with Crippen LogP contribution in [0.15, 0.2) is 18.2 Å². The summed E-state index contributed by atoms with van der Waals surface area (Å²) in [7, 11) is 0. The average Bonchev–Trinajstić information content (AvgIpc) is 2.45. The number of anilines is 1. The SMILES string of the molecule is CC(F)(F)C(=O)Nc1ccc(F)c(C2C[S+]([O-])C(C)(C)C(=N)N2)c1. The van der Waals surface area contributed by atoms with Crippen molar-refractivity contribution < 1.29 is 22.5 Å². The molecule has 132 valence electrons. The van der Waals surface area contributed by atoms with E-state index in [2.05, 4.69) is 5.32 Å². The number of hydrogen-bond donors (Lipinski definition) is 3. The number of benzene rings is 1. The minimum atomic E-state index is -3.56. The largest absolute Gasteiger partial charge is 0.616 e. The van der Waals surface area contributed by atoms with Crippen LogP contribution in [0.1, 0.15) is 32.4 Å². The normalized spacial score (nSPS) is 23.5. The van der Waals surface area contributed by atoms with E-state index in [0.29, 0.717) is 6.92 Å². The Morgan fingerprint density at radius 2 is 2.12 bits per heavy atom. The van der Waals surface area contributed by atoms with Crippen molar-refractivity contribution in [2.24, 2.45) is 0 Å². The van der Waals surface area contributed by atoms with Gasteiger partial charge in [-0.05, 0) is 43.2 Å². The lowest BCUT2D eigenvalue weighted by molar-refractivity contribution is -0.137. The van der Waals surface area contributed by atoms with Crippen LogP contribution in [0.4, 0.5) is 18.9 Å². The van der Waals surface area contributed by atoms with Crippen LogP contribution in [0, 0.1) is 11.2 Å². The van der Waals surface area contributed by atoms with Crippen molar-refractivity contribution in [1.29, 1.82) is 5.41 Å². The van der Waals surface area contributed by atoms with Gasteiger partial charge in [-0.3, -0.25) is 10.2 Å². The molecule has 1 saturated heterocycles. The third-order valence-electron chi connectivity index (χ3n) is 3.84. The van der Waals surface area contributed by atoms with Crippen LogP contribution in [-0.2, 0) is 16.0 Å². The molecule has 0 spiro atoms. The van der Waals surface area contributed by atoms with Crippen LogP contribution in [0.25, 0.3) is 0 Å². The fraction of sp³-hybridized carbons (Fsp3) is 0.467. The molecule has 1 heterocycles. The van der Waals surface area contributed by atoms with Gasteiger partial charge in [0.05, 0.1) is 0 Å². The van der Waals surface area contributed by atoms with Crippen molar-refractivity contribution in [3.8, 4) is 0 Å². The molecule has 0 aromatic heterocycles. The summed E-state index contributed by atoms with van der Waals surface area (Å²) in [4.78, 5) is 11.3. The Kier molecular flexibility index (Phi) is 4.87. The highest BCUT2D eigenvalue weighted by molar-refractivity contribution is 7.93. The molecule has 2 rings (SSSR count). The van der Waals surface area contributed by atoms with Gasteiger partial charge in [0.1, 0.15) is 17.6 Å². The first-order chi connectivity index (χ1) is 10.9. The number of carbonyl (C=O) groups is 1. The molecule has 1 aromatic rings. The minimum absolute atomic E-state index is 0.00173. The van der Waals surface area contributed by atoms with Crippen molar-refractivity contribution in [2.75, 3.05) is 11.1 Å². The van der Waals surface area contributed by atoms with Crippen molar-refractivity contribution in [3.63, 3.8) is 0 Å². The molecule has 1 aromatic carbocycles. The van der Waals surface area contributed by atoms with Crippen molar-refractivity contribution in [3.05, 3.63) is 29.6 Å². The van der Waals surface area contributed by atoms with E-state index in [1.807, 2.05) is 5.32 Å². The van der Waals surface area contributed by atoms with Gasteiger partial charge in [0, 0.05) is 18.2 Å². The van der Waals surface area contributed by atoms with Crippen LogP contribution in [-0.4, -0.2) is 32.7 Å². The Morgan fingerprint density at radius 1 is 1.50 bits per heavy atom. The molecular formula is C15H18F3N3O2S. The third kappa shape index (κ3) is 3.67. The highest BCUT2D eigenvalue weighted by atomic mass is 32.2. The lowest BCUT2D eigenvalue weighted by Crippen LogP contribution is -2.56. The number of nitrogens with one attached hydrogen (secondary N) is 3. The van der Waals surface area contributed by atoms with Gasteiger partial charge in [0.25, 0.3) is 5.91 Å². The number of carbonyl (C=O) groups excluding carboxylic acids is 1. The summed E-state index contributed by atoms with van der Waals surface area (Å²) in [5.41, 5.74) is 0.0580. The highest BCUT2D eigenvalue weighted by Gasteiger charge is 2.44. The molecule has 0 bridgehead atoms. The molecule has 5 nitrogen and oxygen atoms in total. The predicted molar refractivity (Wildman–Crippen MR) is 86.3 cm³/mol. The second-order valence-corrected chi connectivity index (χ2v) is 8.22. The summed E-state index contributed by atoms with van der Waals surface area (Å²) in [6.45, 7) is 3.75. The molecular weight excluding hydrogens is 343 g/mol. The quantitative estimate of drug-likeness (QED) is 0.723. The average molecular weight is 361 g/mol. The number of hydrogen-bond acceptors (Lipinski definition) is 3. The van der Waals surface area contributed by atoms with Gasteiger partial charge in [-0.2, -0.15) is 8.78 Å². The van der Waals surface area contributed by atoms with Crippen LogP contribution in [0.3, 0.4) is 0 Å². The smallest absolute Gasteiger partial charge is 0.322 e. The molecule has 0 aliphatic carbocycles. The fourth-order valence-corrected chi connectivity index (χ4v) is 3.43. The summed E-state index contributed by atoms with van der Waals surface area (Å²) < 4.78 is 51.4. The summed E-state index contributed by atoms with van der Waals surface area (Å²) in [5.74, 6) is -5.64. The predicted octanol–water partition coefficient (Wildman–Crippen LogP) is 2.57. The second-order valence-electron chi connectivity index (χ2n) is 6.17. The van der Waals surface area contributed by atoms with E-state index in [9.17, 15) is 22.5 Å². The molecule has 9 heteroatoms. The second kappa shape index (κ2) is 6.29. The summed E-state index contributed by atoms with van der Waals surface area (Å²) in [6, 6.07) is 2.66. The zero-order chi connectivity index (χ0) is 18.3. The number of amidine groups is 1. The van der Waals surface area contributed by atoms with E-state index in [-0.39, 0.29) is 22.8 Å². The van der Waals surface area contributed by atoms with Gasteiger partial charge < -0.3 is 15.2 Å². The van der Waals surface area contributed by atoms with Crippen LogP contribution in [0.5, 0.6) is 0 Å². The summed E-state index contributed by atoms with van der Waals surface area (Å²) >= 11 is -1.41. The van der Waals surface area contributed by atoms with E-state index in [0.717, 1.165) is 12.1 Å². The first kappa shape index (κ1) is 18.6. The first-order valence-electron chi connectivity index (χ1n) is 7.15. The zero-order valence-corrected chi connectivity index (χ0v) is 14.2. The van der Waals surface area contributed by atoms with Crippen molar-refractivity contribution in [2.45, 2.75) is 37.5 Å². The van der Waals surface area contributed by atoms with E-state index < -0.39 is 39.6 Å². The highest BCUT2D eigenvalue weighted by Crippen LogP contribution is 2.32. The van der Waals surface area contributed by atoms with Crippen LogP contribution < -0.4 is 10.6 Å². The molecule has 0 saturated carbocycles. The number of rotatable bonds is 3. The standard InChI is InChI=1S/C15H18F3N3O2S/c1-14(2)12(19)21-11(7-24(14)23)9-6-8(4-5-10(9)16)20-13(22)15(3,17)18/h4-6,11H,7H2,1-3H3,(H2,19,21)(H,20,22). The van der Waals surface area contributed by atoms with Crippen LogP contribution in [0.2, 0.25) is 0 Å². The Balaban J connectivity index is 2.27. The molecule has 1 aliphatic rings. The van der Waals surface area contributed by atoms with Gasteiger partial charge in [0.15, 0.2) is 10.6 Å². The van der Waals surface area contributed by atoms with Gasteiger partial charge in [0.2, 0.25) is 0 Å². The zero-order valence-electron chi connectivity index (χ0n) is 13.4. The summed E-state index contributed by atoms with van der Waals surface area (Å²) in [6.07, 6.45) is 0. The minimum Gasteiger partial charge on any atom is -0.616 e. The van der Waals surface area contributed by atoms with Gasteiger partial charge in [-0.25, -0.2) is 4.39 Å². The molecule has 0 radical (unpaired) electrons. The molecule has 2 atom stereocenters. The summed E-state index contributed by atoms with van der Waals surface area (Å²) in [5, 5.41) is 12.7.